The lowest BCUT2D eigenvalue weighted by Gasteiger charge is -2.09. The molecule has 31 heavy (non-hydrogen) atoms. The minimum absolute atomic E-state index is 0.938. The summed E-state index contributed by atoms with van der Waals surface area (Å²) < 4.78 is 3.11. The van der Waals surface area contributed by atoms with Gasteiger partial charge in [0.1, 0.15) is 5.69 Å². The van der Waals surface area contributed by atoms with Crippen LogP contribution in [0.4, 0.5) is 0 Å². The van der Waals surface area contributed by atoms with Crippen molar-refractivity contribution in [3.05, 3.63) is 101 Å². The first-order valence-electron chi connectivity index (χ1n) is 9.96. The van der Waals surface area contributed by atoms with E-state index >= 15 is 0 Å². The number of halogens is 1. The number of fused-ring (bicyclic) bond motifs is 3. The molecule has 0 amide bonds. The van der Waals surface area contributed by atoms with Crippen LogP contribution in [-0.2, 0) is 0 Å². The van der Waals surface area contributed by atoms with Crippen LogP contribution in [0, 0.1) is 0 Å². The van der Waals surface area contributed by atoms with Crippen molar-refractivity contribution in [3.63, 3.8) is 0 Å². The Kier molecular flexibility index (Phi) is 4.44. The van der Waals surface area contributed by atoms with Gasteiger partial charge in [0, 0.05) is 15.4 Å². The summed E-state index contributed by atoms with van der Waals surface area (Å²) in [4.78, 5) is 6.24. The molecule has 0 aliphatic heterocycles. The van der Waals surface area contributed by atoms with Crippen molar-refractivity contribution >= 4 is 49.1 Å². The molecule has 0 radical (unpaired) electrons. The zero-order chi connectivity index (χ0) is 20.8. The zero-order valence-electron chi connectivity index (χ0n) is 16.4. The highest BCUT2D eigenvalue weighted by Crippen LogP contribution is 2.41. The van der Waals surface area contributed by atoms with Crippen LogP contribution >= 0.6 is 27.3 Å². The van der Waals surface area contributed by atoms with E-state index in [-0.39, 0.29) is 0 Å². The maximum Gasteiger partial charge on any atom is 0.103 e. The lowest BCUT2D eigenvalue weighted by Crippen LogP contribution is -1.97. The fraction of sp³-hybridized carbons (Fsp3) is 0. The summed E-state index contributed by atoms with van der Waals surface area (Å²) in [6.45, 7) is 0. The molecule has 0 N–H and O–H groups in total. The molecule has 3 nitrogen and oxygen atoms in total. The smallest absolute Gasteiger partial charge is 0.103 e. The lowest BCUT2D eigenvalue weighted by atomic mass is 10.0. The van der Waals surface area contributed by atoms with E-state index in [1.165, 1.54) is 0 Å². The van der Waals surface area contributed by atoms with Gasteiger partial charge in [-0.2, -0.15) is 5.10 Å². The van der Waals surface area contributed by atoms with Crippen LogP contribution in [0.2, 0.25) is 0 Å². The van der Waals surface area contributed by atoms with Crippen LogP contribution in [0.1, 0.15) is 0 Å². The quantitative estimate of drug-likeness (QED) is 0.258. The summed E-state index contributed by atoms with van der Waals surface area (Å²) in [5, 5.41) is 9.41. The van der Waals surface area contributed by atoms with Crippen LogP contribution in [-0.4, -0.2) is 14.8 Å². The molecule has 148 valence electrons. The van der Waals surface area contributed by atoms with Gasteiger partial charge in [-0.3, -0.25) is 0 Å². The minimum Gasteiger partial charge on any atom is -0.246 e. The minimum atomic E-state index is 0.938. The second kappa shape index (κ2) is 7.45. The second-order valence-electron chi connectivity index (χ2n) is 7.28. The Morgan fingerprint density at radius 2 is 1.52 bits per heavy atom. The van der Waals surface area contributed by atoms with Crippen LogP contribution in [0.25, 0.3) is 49.3 Å². The highest BCUT2D eigenvalue weighted by molar-refractivity contribution is 9.10. The molecule has 6 rings (SSSR count). The van der Waals surface area contributed by atoms with E-state index in [4.69, 9.17) is 10.1 Å². The Hall–Kier alpha value is -3.28. The molecule has 0 aliphatic carbocycles. The number of nitrogens with zero attached hydrogens (tertiary/aromatic N) is 3. The number of thiophene rings is 1. The van der Waals surface area contributed by atoms with Crippen LogP contribution in [0.15, 0.2) is 101 Å². The van der Waals surface area contributed by atoms with Crippen LogP contribution in [0.5, 0.6) is 0 Å². The largest absolute Gasteiger partial charge is 0.246 e. The van der Waals surface area contributed by atoms with Gasteiger partial charge in [0.2, 0.25) is 0 Å². The molecule has 0 saturated carbocycles. The van der Waals surface area contributed by atoms with Gasteiger partial charge >= 0.3 is 0 Å². The van der Waals surface area contributed by atoms with E-state index in [1.807, 2.05) is 24.3 Å². The molecule has 5 heteroatoms. The van der Waals surface area contributed by atoms with E-state index in [1.54, 1.807) is 11.3 Å². The van der Waals surface area contributed by atoms with Crippen molar-refractivity contribution < 1.29 is 0 Å². The number of aromatic nitrogens is 3. The summed E-state index contributed by atoms with van der Waals surface area (Å²) in [7, 11) is 0. The lowest BCUT2D eigenvalue weighted by molar-refractivity contribution is 0.918. The van der Waals surface area contributed by atoms with Gasteiger partial charge in [-0.25, -0.2) is 9.67 Å². The van der Waals surface area contributed by atoms with E-state index in [2.05, 4.69) is 92.7 Å². The number of para-hydroxylation sites is 2. The molecule has 0 fully saturated rings. The molecule has 0 aliphatic rings. The molecule has 0 unspecified atom stereocenters. The number of pyridine rings is 1. The Morgan fingerprint density at radius 3 is 2.29 bits per heavy atom. The van der Waals surface area contributed by atoms with E-state index < -0.39 is 0 Å². The monoisotopic (exact) mass is 481 g/mol. The second-order valence-corrected chi connectivity index (χ2v) is 9.14. The molecule has 0 bridgehead atoms. The highest BCUT2D eigenvalue weighted by atomic mass is 79.9. The van der Waals surface area contributed by atoms with Gasteiger partial charge in [-0.1, -0.05) is 70.5 Å². The van der Waals surface area contributed by atoms with Crippen molar-refractivity contribution in [2.24, 2.45) is 0 Å². The molecular weight excluding hydrogens is 466 g/mol. The van der Waals surface area contributed by atoms with Crippen molar-refractivity contribution in [3.8, 4) is 27.5 Å². The Bertz CT molecular complexity index is 1520. The van der Waals surface area contributed by atoms with Gasteiger partial charge in [0.05, 0.1) is 32.7 Å². The van der Waals surface area contributed by atoms with E-state index in [0.717, 1.165) is 53.8 Å². The third kappa shape index (κ3) is 3.09. The number of benzene rings is 3. The predicted molar refractivity (Wildman–Crippen MR) is 133 cm³/mol. The molecule has 6 aromatic rings. The average molecular weight is 482 g/mol. The van der Waals surface area contributed by atoms with Crippen LogP contribution < -0.4 is 0 Å². The van der Waals surface area contributed by atoms with Crippen molar-refractivity contribution in [1.82, 2.24) is 14.8 Å². The summed E-state index contributed by atoms with van der Waals surface area (Å²) in [5.41, 5.74) is 6.06. The molecular formula is C26H16BrN3S. The maximum absolute atomic E-state index is 5.15. The number of hydrogen-bond acceptors (Lipinski definition) is 3. The number of rotatable bonds is 3. The molecule has 3 aromatic carbocycles. The Labute approximate surface area is 191 Å². The topological polar surface area (TPSA) is 30.7 Å². The van der Waals surface area contributed by atoms with Gasteiger partial charge in [0.15, 0.2) is 0 Å². The average Bonchev–Trinajstić information content (AvgIpc) is 3.49. The fourth-order valence-electron chi connectivity index (χ4n) is 4.00. The molecule has 0 saturated heterocycles. The highest BCUT2D eigenvalue weighted by Gasteiger charge is 2.22. The summed E-state index contributed by atoms with van der Waals surface area (Å²) in [5.74, 6) is 0. The molecule has 0 atom stereocenters. The summed E-state index contributed by atoms with van der Waals surface area (Å²) >= 11 is 5.26. The van der Waals surface area contributed by atoms with Gasteiger partial charge in [-0.05, 0) is 41.8 Å². The van der Waals surface area contributed by atoms with Crippen molar-refractivity contribution in [1.29, 1.82) is 0 Å². The van der Waals surface area contributed by atoms with E-state index in [0.29, 0.717) is 0 Å². The molecule has 0 spiro atoms. The predicted octanol–water partition coefficient (Wildman–Crippen LogP) is 7.73. The van der Waals surface area contributed by atoms with Gasteiger partial charge in [0.25, 0.3) is 0 Å². The zero-order valence-corrected chi connectivity index (χ0v) is 18.8. The molecule has 3 aromatic heterocycles. The van der Waals surface area contributed by atoms with Crippen LogP contribution in [0.3, 0.4) is 0 Å². The normalized spacial score (nSPS) is 11.4. The standard InChI is InChI=1S/C26H16BrN3S/c27-18-14-12-17(13-15-18)24-23-25(22-11-6-16-31-22)28-21-10-5-4-9-20(21)26(23)30(29-24)19-7-2-1-3-8-19/h1-16H. The third-order valence-corrected chi connectivity index (χ3v) is 6.79. The van der Waals surface area contributed by atoms with Crippen molar-refractivity contribution in [2.75, 3.05) is 0 Å². The number of hydrogen-bond donors (Lipinski definition) is 0. The maximum atomic E-state index is 5.15. The van der Waals surface area contributed by atoms with Gasteiger partial charge in [-0.15, -0.1) is 11.3 Å². The van der Waals surface area contributed by atoms with Gasteiger partial charge < -0.3 is 0 Å². The Balaban J connectivity index is 1.82. The van der Waals surface area contributed by atoms with E-state index in [9.17, 15) is 0 Å². The summed E-state index contributed by atoms with van der Waals surface area (Å²) in [6.07, 6.45) is 0. The fourth-order valence-corrected chi connectivity index (χ4v) is 4.98. The SMILES string of the molecule is Brc1ccc(-c2nn(-c3ccccc3)c3c2c(-c2cccs2)nc2ccccc23)cc1. The summed E-state index contributed by atoms with van der Waals surface area (Å²) in [6, 6.07) is 31.2. The first-order valence-corrected chi connectivity index (χ1v) is 11.6. The first kappa shape index (κ1) is 18.5. The first-order chi connectivity index (χ1) is 15.3. The van der Waals surface area contributed by atoms with Crippen molar-refractivity contribution in [2.45, 2.75) is 0 Å². The third-order valence-electron chi connectivity index (χ3n) is 5.39. The Morgan fingerprint density at radius 1 is 0.742 bits per heavy atom. The molecule has 3 heterocycles.